The van der Waals surface area contributed by atoms with Gasteiger partial charge < -0.3 is 14.8 Å². The molecule has 0 aromatic heterocycles. The molecule has 6 heteroatoms. The molecule has 20 heavy (non-hydrogen) atoms. The minimum atomic E-state index is -0.929. The molecule has 0 unspecified atom stereocenters. The standard InChI is InChI=1S/C14H12N2O4/c1-9(7-15)20-14(18)12-11(17)8-19-13(12)16-10-5-3-2-4-6-10/h2-6,9,16H,8H2,1H3/t9-/m1/s1. The number of Topliss-reactive ketones (excluding diaryl/α,β-unsaturated/α-hetero) is 1. The third-order valence-electron chi connectivity index (χ3n) is 2.55. The second-order valence-corrected chi connectivity index (χ2v) is 4.08. The van der Waals surface area contributed by atoms with Crippen LogP contribution in [-0.4, -0.2) is 24.5 Å². The summed E-state index contributed by atoms with van der Waals surface area (Å²) in [5, 5.41) is 11.5. The molecule has 0 saturated carbocycles. The summed E-state index contributed by atoms with van der Waals surface area (Å²) in [5.74, 6) is -1.28. The van der Waals surface area contributed by atoms with Crippen LogP contribution in [0.4, 0.5) is 5.69 Å². The highest BCUT2D eigenvalue weighted by Crippen LogP contribution is 2.20. The van der Waals surface area contributed by atoms with E-state index in [0.717, 1.165) is 0 Å². The SMILES string of the molecule is C[C@H](C#N)OC(=O)C1=C(Nc2ccccc2)OCC1=O. The summed E-state index contributed by atoms with van der Waals surface area (Å²) in [6, 6.07) is 10.7. The van der Waals surface area contributed by atoms with E-state index in [1.165, 1.54) is 6.92 Å². The lowest BCUT2D eigenvalue weighted by molar-refractivity contribution is -0.142. The number of nitrogens with zero attached hydrogens (tertiary/aromatic N) is 1. The van der Waals surface area contributed by atoms with Gasteiger partial charge in [-0.25, -0.2) is 4.79 Å². The zero-order valence-corrected chi connectivity index (χ0v) is 10.8. The number of ketones is 1. The second-order valence-electron chi connectivity index (χ2n) is 4.08. The smallest absolute Gasteiger partial charge is 0.348 e. The monoisotopic (exact) mass is 272 g/mol. The first-order chi connectivity index (χ1) is 9.61. The van der Waals surface area contributed by atoms with Crippen LogP contribution in [0.3, 0.4) is 0 Å². The lowest BCUT2D eigenvalue weighted by Gasteiger charge is -2.09. The molecule has 0 amide bonds. The Morgan fingerprint density at radius 1 is 1.45 bits per heavy atom. The molecule has 6 nitrogen and oxygen atoms in total. The number of carbonyl (C=O) groups is 2. The Morgan fingerprint density at radius 2 is 2.15 bits per heavy atom. The molecule has 1 heterocycles. The van der Waals surface area contributed by atoms with E-state index >= 15 is 0 Å². The van der Waals surface area contributed by atoms with E-state index in [1.54, 1.807) is 30.3 Å². The van der Waals surface area contributed by atoms with Gasteiger partial charge in [0.2, 0.25) is 11.7 Å². The maximum absolute atomic E-state index is 11.9. The molecule has 0 radical (unpaired) electrons. The first kappa shape index (κ1) is 13.6. The van der Waals surface area contributed by atoms with E-state index in [1.807, 2.05) is 6.07 Å². The van der Waals surface area contributed by atoms with Crippen LogP contribution in [0.5, 0.6) is 0 Å². The van der Waals surface area contributed by atoms with Crippen molar-refractivity contribution < 1.29 is 19.1 Å². The van der Waals surface area contributed by atoms with Crippen LogP contribution in [0.1, 0.15) is 6.92 Å². The van der Waals surface area contributed by atoms with Crippen LogP contribution in [0.15, 0.2) is 41.8 Å². The summed E-state index contributed by atoms with van der Waals surface area (Å²) in [7, 11) is 0. The highest BCUT2D eigenvalue weighted by molar-refractivity contribution is 6.19. The highest BCUT2D eigenvalue weighted by atomic mass is 16.5. The minimum Gasteiger partial charge on any atom is -0.470 e. The van der Waals surface area contributed by atoms with Gasteiger partial charge in [0.15, 0.2) is 18.3 Å². The molecule has 1 aliphatic rings. The number of anilines is 1. The molecule has 1 atom stereocenters. The molecular formula is C14H12N2O4. The number of nitrogens with one attached hydrogen (secondary N) is 1. The maximum atomic E-state index is 11.9. The lowest BCUT2D eigenvalue weighted by atomic mass is 10.2. The van der Waals surface area contributed by atoms with E-state index < -0.39 is 17.9 Å². The predicted octanol–water partition coefficient (Wildman–Crippen LogP) is 1.36. The van der Waals surface area contributed by atoms with Gasteiger partial charge in [0.05, 0.1) is 0 Å². The summed E-state index contributed by atoms with van der Waals surface area (Å²) < 4.78 is 9.98. The van der Waals surface area contributed by atoms with Gasteiger partial charge in [-0.2, -0.15) is 5.26 Å². The van der Waals surface area contributed by atoms with Crippen molar-refractivity contribution in [3.8, 4) is 6.07 Å². The van der Waals surface area contributed by atoms with Crippen molar-refractivity contribution in [3.63, 3.8) is 0 Å². The summed E-state index contributed by atoms with van der Waals surface area (Å²) in [6.45, 7) is 1.20. The summed E-state index contributed by atoms with van der Waals surface area (Å²) in [5.41, 5.74) is 0.479. The largest absolute Gasteiger partial charge is 0.470 e. The van der Waals surface area contributed by atoms with Crippen LogP contribution in [-0.2, 0) is 19.1 Å². The molecule has 1 aliphatic heterocycles. The number of rotatable bonds is 4. The molecular weight excluding hydrogens is 260 g/mol. The average molecular weight is 272 g/mol. The number of carbonyl (C=O) groups excluding carboxylic acids is 2. The van der Waals surface area contributed by atoms with Crippen molar-refractivity contribution in [1.29, 1.82) is 5.26 Å². The van der Waals surface area contributed by atoms with Crippen molar-refractivity contribution in [2.75, 3.05) is 11.9 Å². The van der Waals surface area contributed by atoms with Gasteiger partial charge in [-0.15, -0.1) is 0 Å². The van der Waals surface area contributed by atoms with Crippen LogP contribution >= 0.6 is 0 Å². The molecule has 0 aliphatic carbocycles. The zero-order valence-electron chi connectivity index (χ0n) is 10.8. The highest BCUT2D eigenvalue weighted by Gasteiger charge is 2.33. The summed E-state index contributed by atoms with van der Waals surface area (Å²) >= 11 is 0. The van der Waals surface area contributed by atoms with Crippen LogP contribution in [0.25, 0.3) is 0 Å². The van der Waals surface area contributed by atoms with Crippen LogP contribution < -0.4 is 5.32 Å². The second kappa shape index (κ2) is 5.89. The fourth-order valence-corrected chi connectivity index (χ4v) is 1.61. The predicted molar refractivity (Wildman–Crippen MR) is 69.2 cm³/mol. The van der Waals surface area contributed by atoms with Gasteiger partial charge in [-0.1, -0.05) is 18.2 Å². The average Bonchev–Trinajstić information content (AvgIpc) is 2.80. The van der Waals surface area contributed by atoms with Crippen LogP contribution in [0.2, 0.25) is 0 Å². The van der Waals surface area contributed by atoms with E-state index in [4.69, 9.17) is 14.7 Å². The van der Waals surface area contributed by atoms with E-state index in [9.17, 15) is 9.59 Å². The van der Waals surface area contributed by atoms with Crippen LogP contribution in [0, 0.1) is 11.3 Å². The quantitative estimate of drug-likeness (QED) is 0.657. The molecule has 0 fully saturated rings. The molecule has 0 spiro atoms. The van der Waals surface area contributed by atoms with Crippen molar-refractivity contribution in [2.24, 2.45) is 0 Å². The normalized spacial score (nSPS) is 15.3. The third kappa shape index (κ3) is 2.95. The summed E-state index contributed by atoms with van der Waals surface area (Å²) in [4.78, 5) is 23.5. The van der Waals surface area contributed by atoms with Gasteiger partial charge in [0, 0.05) is 5.69 Å². The maximum Gasteiger partial charge on any atom is 0.348 e. The third-order valence-corrected chi connectivity index (χ3v) is 2.55. The van der Waals surface area contributed by atoms with Gasteiger partial charge in [-0.05, 0) is 19.1 Å². The number of nitriles is 1. The number of benzene rings is 1. The van der Waals surface area contributed by atoms with Crippen molar-refractivity contribution in [1.82, 2.24) is 0 Å². The fraction of sp³-hybridized carbons (Fsp3) is 0.214. The van der Waals surface area contributed by atoms with Gasteiger partial charge >= 0.3 is 5.97 Å². The Morgan fingerprint density at radius 3 is 2.80 bits per heavy atom. The number of ether oxygens (including phenoxy) is 2. The van der Waals surface area contributed by atoms with E-state index in [-0.39, 0.29) is 18.1 Å². The Bertz CT molecular complexity index is 601. The number of para-hydroxylation sites is 1. The molecule has 1 N–H and O–H groups in total. The fourth-order valence-electron chi connectivity index (χ4n) is 1.61. The zero-order chi connectivity index (χ0) is 14.5. The van der Waals surface area contributed by atoms with Crippen molar-refractivity contribution >= 4 is 17.4 Å². The van der Waals surface area contributed by atoms with E-state index in [0.29, 0.717) is 5.69 Å². The molecule has 0 saturated heterocycles. The molecule has 1 aromatic rings. The molecule has 102 valence electrons. The number of esters is 1. The minimum absolute atomic E-state index is 0.0522. The van der Waals surface area contributed by atoms with Gasteiger partial charge in [-0.3, -0.25) is 4.79 Å². The first-order valence-electron chi connectivity index (χ1n) is 5.94. The van der Waals surface area contributed by atoms with Gasteiger partial charge in [0.1, 0.15) is 6.07 Å². The number of hydrogen-bond acceptors (Lipinski definition) is 6. The molecule has 0 bridgehead atoms. The Balaban J connectivity index is 2.21. The number of hydrogen-bond donors (Lipinski definition) is 1. The van der Waals surface area contributed by atoms with Crippen molar-refractivity contribution in [2.45, 2.75) is 13.0 Å². The molecule has 1 aromatic carbocycles. The lowest BCUT2D eigenvalue weighted by Crippen LogP contribution is -2.20. The van der Waals surface area contributed by atoms with Crippen molar-refractivity contribution in [3.05, 3.63) is 41.8 Å². The topological polar surface area (TPSA) is 88.4 Å². The first-order valence-corrected chi connectivity index (χ1v) is 5.94. The Kier molecular flexibility index (Phi) is 4.01. The summed E-state index contributed by atoms with van der Waals surface area (Å²) in [6.07, 6.45) is -0.929. The molecule has 2 rings (SSSR count). The Hall–Kier alpha value is -2.81. The van der Waals surface area contributed by atoms with Gasteiger partial charge in [0.25, 0.3) is 0 Å². The van der Waals surface area contributed by atoms with E-state index in [2.05, 4.69) is 5.32 Å². The Labute approximate surface area is 115 Å².